The zero-order valence-electron chi connectivity index (χ0n) is 9.31. The molecule has 3 N–H and O–H groups in total. The van der Waals surface area contributed by atoms with E-state index in [2.05, 4.69) is 0 Å². The van der Waals surface area contributed by atoms with Crippen LogP contribution in [0.4, 0.5) is 0 Å². The molecule has 1 fully saturated rings. The number of hydrogen-bond donors (Lipinski definition) is 2. The van der Waals surface area contributed by atoms with Crippen molar-refractivity contribution in [2.24, 2.45) is 11.7 Å². The number of hydrogen-bond acceptors (Lipinski definition) is 3. The number of carbonyl (C=O) groups excluding carboxylic acids is 1. The third kappa shape index (κ3) is 1.88. The van der Waals surface area contributed by atoms with Gasteiger partial charge in [0.15, 0.2) is 0 Å². The molecule has 1 heterocycles. The summed E-state index contributed by atoms with van der Waals surface area (Å²) in [4.78, 5) is 13.7. The van der Waals surface area contributed by atoms with Crippen LogP contribution in [0.5, 0.6) is 5.75 Å². The summed E-state index contributed by atoms with van der Waals surface area (Å²) in [6, 6.07) is 4.93. The van der Waals surface area contributed by atoms with E-state index < -0.39 is 0 Å². The van der Waals surface area contributed by atoms with Gasteiger partial charge in [-0.25, -0.2) is 0 Å². The molecule has 1 aliphatic rings. The minimum Gasteiger partial charge on any atom is -0.508 e. The Morgan fingerprint density at radius 1 is 1.56 bits per heavy atom. The Labute approximate surface area is 94.7 Å². The third-order valence-corrected chi connectivity index (χ3v) is 3.02. The smallest absolute Gasteiger partial charge is 0.253 e. The highest BCUT2D eigenvalue weighted by Crippen LogP contribution is 2.21. The fourth-order valence-electron chi connectivity index (χ4n) is 1.86. The summed E-state index contributed by atoms with van der Waals surface area (Å²) in [5.41, 5.74) is 6.86. The molecular formula is C12H16N2O2. The molecule has 0 saturated carbocycles. The molecule has 4 heteroatoms. The largest absolute Gasteiger partial charge is 0.508 e. The van der Waals surface area contributed by atoms with E-state index >= 15 is 0 Å². The van der Waals surface area contributed by atoms with E-state index in [9.17, 15) is 9.90 Å². The van der Waals surface area contributed by atoms with Crippen molar-refractivity contribution in [1.29, 1.82) is 0 Å². The molecule has 1 amide bonds. The lowest BCUT2D eigenvalue weighted by atomic mass is 9.99. The predicted molar refractivity (Wildman–Crippen MR) is 61.3 cm³/mol. The molecule has 1 saturated heterocycles. The van der Waals surface area contributed by atoms with Crippen LogP contribution in [0.2, 0.25) is 0 Å². The quantitative estimate of drug-likeness (QED) is 0.772. The molecule has 0 unspecified atom stereocenters. The van der Waals surface area contributed by atoms with Gasteiger partial charge in [0, 0.05) is 24.6 Å². The van der Waals surface area contributed by atoms with Crippen LogP contribution < -0.4 is 5.73 Å². The van der Waals surface area contributed by atoms with Gasteiger partial charge in [-0.15, -0.1) is 0 Å². The van der Waals surface area contributed by atoms with Crippen LogP contribution in [0.1, 0.15) is 15.9 Å². The highest BCUT2D eigenvalue weighted by Gasteiger charge is 2.30. The Morgan fingerprint density at radius 3 is 2.81 bits per heavy atom. The van der Waals surface area contributed by atoms with Gasteiger partial charge in [0.2, 0.25) is 0 Å². The van der Waals surface area contributed by atoms with Crippen molar-refractivity contribution < 1.29 is 9.90 Å². The lowest BCUT2D eigenvalue weighted by Gasteiger charge is -2.38. The van der Waals surface area contributed by atoms with E-state index in [4.69, 9.17) is 5.73 Å². The maximum Gasteiger partial charge on any atom is 0.253 e. The van der Waals surface area contributed by atoms with E-state index in [1.165, 1.54) is 0 Å². The number of carbonyl (C=O) groups is 1. The lowest BCUT2D eigenvalue weighted by Crippen LogP contribution is -2.52. The zero-order chi connectivity index (χ0) is 11.7. The summed E-state index contributed by atoms with van der Waals surface area (Å²) < 4.78 is 0. The summed E-state index contributed by atoms with van der Waals surface area (Å²) >= 11 is 0. The summed E-state index contributed by atoms with van der Waals surface area (Å²) in [5.74, 6) is 0.690. The second-order valence-corrected chi connectivity index (χ2v) is 4.31. The van der Waals surface area contributed by atoms with E-state index in [1.54, 1.807) is 30.0 Å². The number of rotatable bonds is 2. The highest BCUT2D eigenvalue weighted by molar-refractivity contribution is 5.95. The van der Waals surface area contributed by atoms with Crippen LogP contribution in [-0.4, -0.2) is 35.5 Å². The Balaban J connectivity index is 2.07. The number of phenols is 1. The summed E-state index contributed by atoms with van der Waals surface area (Å²) in [6.07, 6.45) is 0. The first-order valence-electron chi connectivity index (χ1n) is 5.40. The van der Waals surface area contributed by atoms with Crippen molar-refractivity contribution in [3.8, 4) is 5.75 Å². The number of benzene rings is 1. The molecule has 2 rings (SSSR count). The predicted octanol–water partition coefficient (Wildman–Crippen LogP) is 0.731. The molecule has 1 aromatic rings. The number of aromatic hydroxyl groups is 1. The number of amides is 1. The van der Waals surface area contributed by atoms with Crippen molar-refractivity contribution in [3.63, 3.8) is 0 Å². The van der Waals surface area contributed by atoms with Crippen molar-refractivity contribution in [2.75, 3.05) is 19.6 Å². The average Bonchev–Trinajstić information content (AvgIpc) is 2.20. The normalized spacial score (nSPS) is 16.0. The molecule has 0 aliphatic carbocycles. The number of phenolic OH excluding ortho intramolecular Hbond substituents is 1. The molecule has 0 bridgehead atoms. The van der Waals surface area contributed by atoms with Crippen LogP contribution in [-0.2, 0) is 0 Å². The Hall–Kier alpha value is -1.55. The molecule has 0 radical (unpaired) electrons. The lowest BCUT2D eigenvalue weighted by molar-refractivity contribution is 0.0515. The maximum absolute atomic E-state index is 12.0. The topological polar surface area (TPSA) is 66.6 Å². The third-order valence-electron chi connectivity index (χ3n) is 3.02. The van der Waals surface area contributed by atoms with Crippen molar-refractivity contribution in [1.82, 2.24) is 4.90 Å². The van der Waals surface area contributed by atoms with E-state index in [0.29, 0.717) is 18.0 Å². The Bertz CT molecular complexity index is 411. The highest BCUT2D eigenvalue weighted by atomic mass is 16.3. The first kappa shape index (κ1) is 11.0. The number of nitrogens with zero attached hydrogens (tertiary/aromatic N) is 1. The molecule has 16 heavy (non-hydrogen) atoms. The zero-order valence-corrected chi connectivity index (χ0v) is 9.31. The Kier molecular flexibility index (Phi) is 2.83. The second kappa shape index (κ2) is 4.14. The van der Waals surface area contributed by atoms with Crippen molar-refractivity contribution >= 4 is 5.91 Å². The second-order valence-electron chi connectivity index (χ2n) is 4.31. The van der Waals surface area contributed by atoms with Gasteiger partial charge in [0.05, 0.1) is 0 Å². The summed E-state index contributed by atoms with van der Waals surface area (Å²) in [5, 5.41) is 9.37. The first-order valence-corrected chi connectivity index (χ1v) is 5.40. The number of nitrogens with two attached hydrogens (primary N) is 1. The minimum absolute atomic E-state index is 0.0211. The van der Waals surface area contributed by atoms with Crippen LogP contribution in [0, 0.1) is 12.8 Å². The van der Waals surface area contributed by atoms with Gasteiger partial charge < -0.3 is 15.7 Å². The molecule has 4 nitrogen and oxygen atoms in total. The van der Waals surface area contributed by atoms with E-state index in [1.807, 2.05) is 0 Å². The van der Waals surface area contributed by atoms with Gasteiger partial charge in [-0.3, -0.25) is 4.79 Å². The number of likely N-dealkylation sites (tertiary alicyclic amines) is 1. The van der Waals surface area contributed by atoms with Crippen LogP contribution >= 0.6 is 0 Å². The van der Waals surface area contributed by atoms with Gasteiger partial charge in [-0.05, 0) is 37.2 Å². The first-order chi connectivity index (χ1) is 7.61. The van der Waals surface area contributed by atoms with Gasteiger partial charge in [0.25, 0.3) is 5.91 Å². The molecule has 1 aromatic carbocycles. The fourth-order valence-corrected chi connectivity index (χ4v) is 1.86. The molecule has 0 aromatic heterocycles. The fraction of sp³-hybridized carbons (Fsp3) is 0.417. The molecule has 0 spiro atoms. The molecule has 0 atom stereocenters. The van der Waals surface area contributed by atoms with Crippen LogP contribution in [0.3, 0.4) is 0 Å². The SMILES string of the molecule is Cc1cc(C(=O)N2CC(CN)C2)ccc1O. The summed E-state index contributed by atoms with van der Waals surface area (Å²) in [6.45, 7) is 3.91. The van der Waals surface area contributed by atoms with Crippen LogP contribution in [0.25, 0.3) is 0 Å². The van der Waals surface area contributed by atoms with E-state index in [-0.39, 0.29) is 11.7 Å². The van der Waals surface area contributed by atoms with E-state index in [0.717, 1.165) is 18.7 Å². The molecule has 1 aliphatic heterocycles. The standard InChI is InChI=1S/C12H16N2O2/c1-8-4-10(2-3-11(8)15)12(16)14-6-9(5-13)7-14/h2-4,9,15H,5-7,13H2,1H3. The molecular weight excluding hydrogens is 204 g/mol. The minimum atomic E-state index is 0.0211. The monoisotopic (exact) mass is 220 g/mol. The van der Waals surface area contributed by atoms with Crippen molar-refractivity contribution in [3.05, 3.63) is 29.3 Å². The number of aryl methyl sites for hydroxylation is 1. The average molecular weight is 220 g/mol. The van der Waals surface area contributed by atoms with Gasteiger partial charge in [-0.2, -0.15) is 0 Å². The maximum atomic E-state index is 12.0. The van der Waals surface area contributed by atoms with Gasteiger partial charge in [-0.1, -0.05) is 0 Å². The molecule has 86 valence electrons. The van der Waals surface area contributed by atoms with Crippen molar-refractivity contribution in [2.45, 2.75) is 6.92 Å². The van der Waals surface area contributed by atoms with Gasteiger partial charge in [0.1, 0.15) is 5.75 Å². The van der Waals surface area contributed by atoms with Crippen LogP contribution in [0.15, 0.2) is 18.2 Å². The van der Waals surface area contributed by atoms with Gasteiger partial charge >= 0.3 is 0 Å². The Morgan fingerprint density at radius 2 is 2.25 bits per heavy atom. The summed E-state index contributed by atoms with van der Waals surface area (Å²) in [7, 11) is 0.